The van der Waals surface area contributed by atoms with Crippen LogP contribution in [0.4, 0.5) is 0 Å². The Labute approximate surface area is 145 Å². The fourth-order valence-electron chi connectivity index (χ4n) is 2.51. The third kappa shape index (κ3) is 4.03. The number of carbonyl (C=O) groups excluding carboxylic acids is 2. The van der Waals surface area contributed by atoms with Crippen molar-refractivity contribution in [3.63, 3.8) is 0 Å². The van der Waals surface area contributed by atoms with Gasteiger partial charge in [0.05, 0.1) is 12.8 Å². The minimum Gasteiger partial charge on any atom is -0.469 e. The van der Waals surface area contributed by atoms with Crippen molar-refractivity contribution in [3.8, 4) is 11.3 Å². The normalized spacial score (nSPS) is 10.6. The lowest BCUT2D eigenvalue weighted by Gasteiger charge is -2.05. The highest BCUT2D eigenvalue weighted by molar-refractivity contribution is 5.95. The van der Waals surface area contributed by atoms with Crippen molar-refractivity contribution >= 4 is 17.5 Å². The van der Waals surface area contributed by atoms with Gasteiger partial charge in [-0.2, -0.15) is 0 Å². The number of benzene rings is 1. The number of aromatic nitrogens is 2. The lowest BCUT2D eigenvalue weighted by molar-refractivity contribution is -0.140. The molecule has 6 heteroatoms. The van der Waals surface area contributed by atoms with Crippen molar-refractivity contribution in [2.24, 2.45) is 0 Å². The number of hydrogen-bond acceptors (Lipinski definition) is 4. The zero-order valence-corrected chi connectivity index (χ0v) is 13.9. The smallest absolute Gasteiger partial charge is 0.305 e. The topological polar surface area (TPSA) is 72.7 Å². The summed E-state index contributed by atoms with van der Waals surface area (Å²) in [6.45, 7) is 0.419. The number of methoxy groups -OCH3 is 1. The van der Waals surface area contributed by atoms with Crippen molar-refractivity contribution in [2.75, 3.05) is 13.7 Å². The molecule has 25 heavy (non-hydrogen) atoms. The molecule has 0 bridgehead atoms. The number of ether oxygens (including phenoxy) is 1. The van der Waals surface area contributed by atoms with Crippen LogP contribution in [-0.2, 0) is 9.53 Å². The Morgan fingerprint density at radius 2 is 2.00 bits per heavy atom. The molecule has 0 saturated heterocycles. The fourth-order valence-corrected chi connectivity index (χ4v) is 2.51. The second kappa shape index (κ2) is 7.61. The maximum absolute atomic E-state index is 12.2. The zero-order chi connectivity index (χ0) is 17.6. The Bertz CT molecular complexity index is 887. The number of amides is 1. The van der Waals surface area contributed by atoms with Crippen LogP contribution in [0.2, 0.25) is 0 Å². The fraction of sp³-hybridized carbons (Fsp3) is 0.211. The van der Waals surface area contributed by atoms with E-state index in [9.17, 15) is 9.59 Å². The minimum atomic E-state index is -0.276. The maximum Gasteiger partial charge on any atom is 0.305 e. The highest BCUT2D eigenvalue weighted by Gasteiger charge is 2.09. The first-order valence-electron chi connectivity index (χ1n) is 8.06. The molecule has 3 rings (SSSR count). The molecule has 6 nitrogen and oxygen atoms in total. The van der Waals surface area contributed by atoms with Gasteiger partial charge in [0.15, 0.2) is 0 Å². The number of pyridine rings is 1. The van der Waals surface area contributed by atoms with E-state index in [1.807, 2.05) is 47.1 Å². The van der Waals surface area contributed by atoms with E-state index in [0.717, 1.165) is 11.3 Å². The SMILES string of the molecule is COC(=O)CCCNC(=O)c1ccn2cc(-c3ccccc3)nc2c1. The van der Waals surface area contributed by atoms with E-state index in [0.29, 0.717) is 24.2 Å². The van der Waals surface area contributed by atoms with Crippen LogP contribution in [-0.4, -0.2) is 34.9 Å². The highest BCUT2D eigenvalue weighted by Crippen LogP contribution is 2.19. The number of carbonyl (C=O) groups is 2. The summed E-state index contributed by atoms with van der Waals surface area (Å²) in [5.41, 5.74) is 3.13. The largest absolute Gasteiger partial charge is 0.469 e. The summed E-state index contributed by atoms with van der Waals surface area (Å²) < 4.78 is 6.45. The van der Waals surface area contributed by atoms with Gasteiger partial charge in [-0.1, -0.05) is 30.3 Å². The Kier molecular flexibility index (Phi) is 5.09. The van der Waals surface area contributed by atoms with Gasteiger partial charge in [-0.25, -0.2) is 4.98 Å². The lowest BCUT2D eigenvalue weighted by Crippen LogP contribution is -2.25. The van der Waals surface area contributed by atoms with E-state index in [-0.39, 0.29) is 18.3 Å². The molecule has 0 unspecified atom stereocenters. The number of fused-ring (bicyclic) bond motifs is 1. The van der Waals surface area contributed by atoms with Crippen molar-refractivity contribution in [1.29, 1.82) is 0 Å². The molecule has 0 aliphatic heterocycles. The average Bonchev–Trinajstić information content (AvgIpc) is 3.08. The summed E-state index contributed by atoms with van der Waals surface area (Å²) in [6, 6.07) is 13.4. The van der Waals surface area contributed by atoms with Gasteiger partial charge in [-0.15, -0.1) is 0 Å². The molecule has 0 spiro atoms. The lowest BCUT2D eigenvalue weighted by atomic mass is 10.2. The zero-order valence-electron chi connectivity index (χ0n) is 13.9. The summed E-state index contributed by atoms with van der Waals surface area (Å²) in [5, 5.41) is 2.80. The van der Waals surface area contributed by atoms with Gasteiger partial charge < -0.3 is 14.5 Å². The second-order valence-corrected chi connectivity index (χ2v) is 5.61. The van der Waals surface area contributed by atoms with Gasteiger partial charge in [0.1, 0.15) is 5.65 Å². The average molecular weight is 337 g/mol. The minimum absolute atomic E-state index is 0.184. The van der Waals surface area contributed by atoms with E-state index in [4.69, 9.17) is 0 Å². The van der Waals surface area contributed by atoms with Crippen LogP contribution in [0.15, 0.2) is 54.9 Å². The predicted molar refractivity (Wildman–Crippen MR) is 94.2 cm³/mol. The molecule has 0 atom stereocenters. The number of hydrogen-bond donors (Lipinski definition) is 1. The van der Waals surface area contributed by atoms with E-state index >= 15 is 0 Å². The molecule has 3 aromatic rings. The van der Waals surface area contributed by atoms with Crippen molar-refractivity contribution in [1.82, 2.24) is 14.7 Å². The molecular formula is C19H19N3O3. The first-order valence-corrected chi connectivity index (χ1v) is 8.06. The quantitative estimate of drug-likeness (QED) is 0.554. The van der Waals surface area contributed by atoms with Crippen molar-refractivity contribution < 1.29 is 14.3 Å². The highest BCUT2D eigenvalue weighted by atomic mass is 16.5. The third-order valence-corrected chi connectivity index (χ3v) is 3.86. The molecule has 1 aromatic carbocycles. The van der Waals surface area contributed by atoms with Gasteiger partial charge in [-0.3, -0.25) is 9.59 Å². The number of nitrogens with one attached hydrogen (secondary N) is 1. The van der Waals surface area contributed by atoms with Crippen LogP contribution >= 0.6 is 0 Å². The Morgan fingerprint density at radius 1 is 1.20 bits per heavy atom. The number of nitrogens with zero attached hydrogens (tertiary/aromatic N) is 2. The van der Waals surface area contributed by atoms with Crippen LogP contribution < -0.4 is 5.32 Å². The Morgan fingerprint density at radius 3 is 2.76 bits per heavy atom. The van der Waals surface area contributed by atoms with Gasteiger partial charge in [0, 0.05) is 36.5 Å². The van der Waals surface area contributed by atoms with Crippen LogP contribution in [0, 0.1) is 0 Å². The van der Waals surface area contributed by atoms with E-state index in [1.165, 1.54) is 7.11 Å². The molecule has 0 aliphatic rings. The second-order valence-electron chi connectivity index (χ2n) is 5.61. The van der Waals surface area contributed by atoms with Gasteiger partial charge >= 0.3 is 5.97 Å². The van der Waals surface area contributed by atoms with Crippen LogP contribution in [0.1, 0.15) is 23.2 Å². The molecule has 1 amide bonds. The van der Waals surface area contributed by atoms with Crippen molar-refractivity contribution in [2.45, 2.75) is 12.8 Å². The van der Waals surface area contributed by atoms with Crippen LogP contribution in [0.3, 0.4) is 0 Å². The molecule has 0 fully saturated rings. The molecule has 0 saturated carbocycles. The molecule has 2 aromatic heterocycles. The Hall–Kier alpha value is -3.15. The van der Waals surface area contributed by atoms with E-state index < -0.39 is 0 Å². The number of imidazole rings is 1. The van der Waals surface area contributed by atoms with Gasteiger partial charge in [-0.05, 0) is 18.6 Å². The third-order valence-electron chi connectivity index (χ3n) is 3.86. The van der Waals surface area contributed by atoms with E-state index in [1.54, 1.807) is 12.1 Å². The predicted octanol–water partition coefficient (Wildman–Crippen LogP) is 2.68. The summed E-state index contributed by atoms with van der Waals surface area (Å²) >= 11 is 0. The molecule has 128 valence electrons. The molecule has 0 aliphatic carbocycles. The van der Waals surface area contributed by atoms with Crippen LogP contribution in [0.5, 0.6) is 0 Å². The van der Waals surface area contributed by atoms with Crippen LogP contribution in [0.25, 0.3) is 16.9 Å². The molecule has 0 radical (unpaired) electrons. The Balaban J connectivity index is 1.68. The summed E-state index contributed by atoms with van der Waals surface area (Å²) in [7, 11) is 1.35. The molecular weight excluding hydrogens is 318 g/mol. The maximum atomic E-state index is 12.2. The number of rotatable bonds is 6. The van der Waals surface area contributed by atoms with E-state index in [2.05, 4.69) is 15.0 Å². The molecule has 2 heterocycles. The summed E-state index contributed by atoms with van der Waals surface area (Å²) in [4.78, 5) is 27.8. The monoisotopic (exact) mass is 337 g/mol. The summed E-state index contributed by atoms with van der Waals surface area (Å²) in [5.74, 6) is -0.460. The van der Waals surface area contributed by atoms with Gasteiger partial charge in [0.25, 0.3) is 5.91 Å². The van der Waals surface area contributed by atoms with Crippen molar-refractivity contribution in [3.05, 3.63) is 60.4 Å². The first-order chi connectivity index (χ1) is 12.2. The summed E-state index contributed by atoms with van der Waals surface area (Å²) in [6.07, 6.45) is 4.58. The van der Waals surface area contributed by atoms with Gasteiger partial charge in [0.2, 0.25) is 0 Å². The molecule has 1 N–H and O–H groups in total. The first kappa shape index (κ1) is 16.7. The standard InChI is InChI=1S/C19H19N3O3/c1-25-18(23)8-5-10-20-19(24)15-9-11-22-13-16(21-17(22)12-15)14-6-3-2-4-7-14/h2-4,6-7,9,11-13H,5,8,10H2,1H3,(H,20,24). The number of esters is 1.